The molecule has 2 N–H and O–H groups in total. The number of fused-ring (bicyclic) bond motifs is 1. The Balaban J connectivity index is 1.41. The Hall–Kier alpha value is -3.13. The van der Waals surface area contributed by atoms with Crippen molar-refractivity contribution in [3.63, 3.8) is 0 Å². The zero-order chi connectivity index (χ0) is 21.3. The highest BCUT2D eigenvalue weighted by atomic mass is 35.5. The molecule has 2 heterocycles. The number of aryl methyl sites for hydroxylation is 1. The maximum absolute atomic E-state index is 12.8. The molecule has 30 heavy (non-hydrogen) atoms. The van der Waals surface area contributed by atoms with Gasteiger partial charge in [0.05, 0.1) is 5.52 Å². The number of halogens is 1. The van der Waals surface area contributed by atoms with E-state index in [1.807, 2.05) is 43.4 Å². The number of carboxylic acid groups (broad SMARTS) is 1. The molecule has 0 spiro atoms. The molecular weight excluding hydrogens is 406 g/mol. The van der Waals surface area contributed by atoms with Crippen molar-refractivity contribution >= 4 is 34.6 Å². The fourth-order valence-electron chi connectivity index (χ4n) is 4.03. The first-order chi connectivity index (χ1) is 14.4. The van der Waals surface area contributed by atoms with E-state index >= 15 is 0 Å². The van der Waals surface area contributed by atoms with Gasteiger partial charge in [-0.15, -0.1) is 5.10 Å². The summed E-state index contributed by atoms with van der Waals surface area (Å²) in [5.74, 6) is -0.225. The Bertz CT molecular complexity index is 1100. The number of aromatic nitrogens is 3. The molecule has 3 aromatic rings. The third kappa shape index (κ3) is 4.23. The first kappa shape index (κ1) is 20.2. The molecule has 156 valence electrons. The van der Waals surface area contributed by atoms with E-state index in [0.717, 1.165) is 22.2 Å². The van der Waals surface area contributed by atoms with Crippen molar-refractivity contribution in [1.29, 1.82) is 0 Å². The molecule has 8 nitrogen and oxygen atoms in total. The minimum atomic E-state index is -1.08. The summed E-state index contributed by atoms with van der Waals surface area (Å²) in [4.78, 5) is 25.7. The molecule has 1 saturated heterocycles. The number of nitrogens with one attached hydrogen (secondary N) is 1. The average Bonchev–Trinajstić information content (AvgIpc) is 3.30. The Labute approximate surface area is 178 Å². The van der Waals surface area contributed by atoms with Gasteiger partial charge in [-0.25, -0.2) is 9.48 Å². The number of hydrogen-bond donors (Lipinski definition) is 2. The van der Waals surface area contributed by atoms with Gasteiger partial charge in [0.15, 0.2) is 0 Å². The van der Waals surface area contributed by atoms with Crippen molar-refractivity contribution in [2.24, 2.45) is 13.0 Å². The zero-order valence-electron chi connectivity index (χ0n) is 16.5. The Morgan fingerprint density at radius 2 is 2.07 bits per heavy atom. The van der Waals surface area contributed by atoms with Crippen molar-refractivity contribution in [3.8, 4) is 0 Å². The fourth-order valence-corrected chi connectivity index (χ4v) is 4.24. The maximum Gasteiger partial charge on any atom is 0.407 e. The van der Waals surface area contributed by atoms with Crippen LogP contribution >= 0.6 is 11.6 Å². The molecule has 0 unspecified atom stereocenters. The predicted octanol–water partition coefficient (Wildman–Crippen LogP) is 2.85. The largest absolute Gasteiger partial charge is 0.465 e. The van der Waals surface area contributed by atoms with Crippen LogP contribution in [0.4, 0.5) is 4.79 Å². The lowest BCUT2D eigenvalue weighted by molar-refractivity contribution is -0.125. The molecule has 1 aliphatic heterocycles. The van der Waals surface area contributed by atoms with E-state index in [-0.39, 0.29) is 11.8 Å². The molecule has 4 rings (SSSR count). The number of benzene rings is 2. The molecule has 2 atom stereocenters. The van der Waals surface area contributed by atoms with Crippen molar-refractivity contribution in [1.82, 2.24) is 25.2 Å². The number of nitrogens with zero attached hydrogens (tertiary/aromatic N) is 4. The van der Waals surface area contributed by atoms with Crippen LogP contribution in [0.5, 0.6) is 0 Å². The van der Waals surface area contributed by atoms with Gasteiger partial charge in [-0.05, 0) is 54.2 Å². The molecule has 0 aliphatic carbocycles. The van der Waals surface area contributed by atoms with E-state index in [2.05, 4.69) is 15.6 Å². The second kappa shape index (κ2) is 8.31. The summed E-state index contributed by atoms with van der Waals surface area (Å²) >= 11 is 6.05. The molecule has 2 aromatic carbocycles. The number of rotatable bonds is 5. The fraction of sp³-hybridized carbons (Fsp3) is 0.333. The highest BCUT2D eigenvalue weighted by molar-refractivity contribution is 6.30. The van der Waals surface area contributed by atoms with Gasteiger partial charge in [-0.3, -0.25) is 9.69 Å². The lowest BCUT2D eigenvalue weighted by Crippen LogP contribution is -2.45. The number of hydrogen-bond acceptors (Lipinski definition) is 4. The molecule has 0 radical (unpaired) electrons. The van der Waals surface area contributed by atoms with E-state index in [0.29, 0.717) is 31.0 Å². The quantitative estimate of drug-likeness (QED) is 0.652. The van der Waals surface area contributed by atoms with Crippen LogP contribution in [0.25, 0.3) is 11.0 Å². The van der Waals surface area contributed by atoms with Crippen molar-refractivity contribution in [2.75, 3.05) is 6.54 Å². The van der Waals surface area contributed by atoms with Gasteiger partial charge in [0.25, 0.3) is 0 Å². The third-order valence-electron chi connectivity index (χ3n) is 5.49. The molecule has 1 aliphatic rings. The monoisotopic (exact) mass is 427 g/mol. The first-order valence-corrected chi connectivity index (χ1v) is 10.1. The molecule has 0 saturated carbocycles. The van der Waals surface area contributed by atoms with Gasteiger partial charge in [0.2, 0.25) is 5.91 Å². The minimum absolute atomic E-state index is 0.0614. The smallest absolute Gasteiger partial charge is 0.407 e. The summed E-state index contributed by atoms with van der Waals surface area (Å²) in [7, 11) is 1.82. The second-order valence-electron chi connectivity index (χ2n) is 7.64. The number of amides is 2. The van der Waals surface area contributed by atoms with Crippen LogP contribution < -0.4 is 5.32 Å². The van der Waals surface area contributed by atoms with Gasteiger partial charge in [-0.1, -0.05) is 35.0 Å². The highest BCUT2D eigenvalue weighted by Gasteiger charge is 2.39. The first-order valence-electron chi connectivity index (χ1n) is 9.71. The third-order valence-corrected chi connectivity index (χ3v) is 5.73. The number of likely N-dealkylation sites (tertiary alicyclic amines) is 1. The molecule has 1 aromatic heterocycles. The van der Waals surface area contributed by atoms with E-state index in [1.165, 1.54) is 4.90 Å². The van der Waals surface area contributed by atoms with Gasteiger partial charge in [-0.2, -0.15) is 0 Å². The summed E-state index contributed by atoms with van der Waals surface area (Å²) in [5.41, 5.74) is 3.57. The molecule has 1 fully saturated rings. The van der Waals surface area contributed by atoms with Crippen LogP contribution in [-0.2, 0) is 24.8 Å². The van der Waals surface area contributed by atoms with Gasteiger partial charge in [0, 0.05) is 25.2 Å². The van der Waals surface area contributed by atoms with Crippen LogP contribution in [0.2, 0.25) is 5.02 Å². The van der Waals surface area contributed by atoms with Gasteiger partial charge in [0.1, 0.15) is 11.6 Å². The van der Waals surface area contributed by atoms with Crippen LogP contribution in [0.15, 0.2) is 42.5 Å². The Kier molecular flexibility index (Phi) is 5.59. The highest BCUT2D eigenvalue weighted by Crippen LogP contribution is 2.27. The van der Waals surface area contributed by atoms with Crippen molar-refractivity contribution in [3.05, 3.63) is 58.6 Å². The van der Waals surface area contributed by atoms with E-state index in [9.17, 15) is 14.7 Å². The summed E-state index contributed by atoms with van der Waals surface area (Å²) in [6.07, 6.45) is 0.0791. The zero-order valence-corrected chi connectivity index (χ0v) is 17.2. The summed E-state index contributed by atoms with van der Waals surface area (Å²) in [6.45, 7) is 0.625. The number of carbonyl (C=O) groups excluding carboxylic acids is 1. The molecular formula is C21H22ClN5O3. The SMILES string of the molecule is Cn1nnc2cc(CNC(=O)[C@@H]3C[C@H](Cc4cccc(Cl)c4)CN3C(=O)O)ccc21. The average molecular weight is 428 g/mol. The second-order valence-corrected chi connectivity index (χ2v) is 8.08. The topological polar surface area (TPSA) is 100 Å². The molecule has 2 amide bonds. The van der Waals surface area contributed by atoms with Crippen LogP contribution in [0.1, 0.15) is 17.5 Å². The van der Waals surface area contributed by atoms with Crippen LogP contribution in [-0.4, -0.2) is 49.6 Å². The van der Waals surface area contributed by atoms with Crippen molar-refractivity contribution in [2.45, 2.75) is 25.4 Å². The summed E-state index contributed by atoms with van der Waals surface area (Å²) in [6, 6.07) is 12.5. The summed E-state index contributed by atoms with van der Waals surface area (Å²) < 4.78 is 1.68. The van der Waals surface area contributed by atoms with Crippen molar-refractivity contribution < 1.29 is 14.7 Å². The molecule has 0 bridgehead atoms. The van der Waals surface area contributed by atoms with E-state index in [1.54, 1.807) is 10.7 Å². The van der Waals surface area contributed by atoms with Gasteiger partial charge < -0.3 is 10.4 Å². The molecule has 9 heteroatoms. The Morgan fingerprint density at radius 3 is 2.83 bits per heavy atom. The predicted molar refractivity (Wildman–Crippen MR) is 112 cm³/mol. The minimum Gasteiger partial charge on any atom is -0.465 e. The lowest BCUT2D eigenvalue weighted by Gasteiger charge is -2.20. The normalized spacial score (nSPS) is 18.7. The van der Waals surface area contributed by atoms with Crippen LogP contribution in [0.3, 0.4) is 0 Å². The van der Waals surface area contributed by atoms with E-state index in [4.69, 9.17) is 11.6 Å². The van der Waals surface area contributed by atoms with Gasteiger partial charge >= 0.3 is 6.09 Å². The summed E-state index contributed by atoms with van der Waals surface area (Å²) in [5, 5.41) is 21.1. The standard InChI is InChI=1S/C21H22ClN5O3/c1-26-18-6-5-14(9-17(18)24-25-26)11-23-20(28)19-10-15(12-27(19)21(29)30)7-13-3-2-4-16(22)8-13/h2-6,8-9,15,19H,7,10-12H2,1H3,(H,23,28)(H,29,30)/t15-,19-/m0/s1. The Morgan fingerprint density at radius 1 is 1.23 bits per heavy atom. The maximum atomic E-state index is 12.8. The van der Waals surface area contributed by atoms with Crippen LogP contribution in [0, 0.1) is 5.92 Å². The number of carbonyl (C=O) groups is 2. The van der Waals surface area contributed by atoms with E-state index < -0.39 is 12.1 Å². The lowest BCUT2D eigenvalue weighted by atomic mass is 9.96.